The Hall–Kier alpha value is -1.93. The van der Waals surface area contributed by atoms with Crippen molar-refractivity contribution >= 4 is 5.91 Å². The summed E-state index contributed by atoms with van der Waals surface area (Å²) in [5.41, 5.74) is 0.908. The molecule has 0 fully saturated rings. The third-order valence-corrected chi connectivity index (χ3v) is 2.59. The van der Waals surface area contributed by atoms with E-state index in [0.29, 0.717) is 17.8 Å². The van der Waals surface area contributed by atoms with Crippen molar-refractivity contribution in [1.82, 2.24) is 10.3 Å². The van der Waals surface area contributed by atoms with E-state index in [1.807, 2.05) is 19.9 Å². The fraction of sp³-hybridized carbons (Fsp3) is 0.462. The number of aliphatic hydroxyl groups excluding tert-OH is 1. The topological polar surface area (TPSA) is 86.0 Å². The van der Waals surface area contributed by atoms with Gasteiger partial charge < -0.3 is 10.4 Å². The molecule has 1 aromatic rings. The van der Waals surface area contributed by atoms with Crippen molar-refractivity contribution in [3.8, 4) is 6.07 Å². The Balaban J connectivity index is 2.74. The summed E-state index contributed by atoms with van der Waals surface area (Å²) in [6.07, 6.45) is 0. The summed E-state index contributed by atoms with van der Waals surface area (Å²) in [7, 11) is 0. The molecule has 0 aliphatic rings. The number of amides is 1. The quantitative estimate of drug-likeness (QED) is 0.831. The molecular weight excluding hydrogens is 230 g/mol. The van der Waals surface area contributed by atoms with Crippen LogP contribution in [0.4, 0.5) is 0 Å². The first-order valence-electron chi connectivity index (χ1n) is 5.66. The maximum atomic E-state index is 11.8. The number of pyridine rings is 1. The third kappa shape index (κ3) is 3.54. The highest BCUT2D eigenvalue weighted by molar-refractivity contribution is 5.92. The van der Waals surface area contributed by atoms with E-state index < -0.39 is 0 Å². The SMILES string of the molecule is Cc1nc(C(=O)NCC(C)(C)CO)ccc1C#N. The van der Waals surface area contributed by atoms with E-state index in [0.717, 1.165) is 0 Å². The molecule has 0 saturated carbocycles. The Morgan fingerprint density at radius 3 is 2.72 bits per heavy atom. The van der Waals surface area contributed by atoms with Crippen LogP contribution in [0.3, 0.4) is 0 Å². The van der Waals surface area contributed by atoms with Gasteiger partial charge in [0.15, 0.2) is 0 Å². The summed E-state index contributed by atoms with van der Waals surface area (Å²) in [5.74, 6) is -0.302. The van der Waals surface area contributed by atoms with Crippen molar-refractivity contribution in [2.24, 2.45) is 5.41 Å². The molecule has 2 N–H and O–H groups in total. The highest BCUT2D eigenvalue weighted by atomic mass is 16.3. The molecule has 0 unspecified atom stereocenters. The Kier molecular flexibility index (Phi) is 4.40. The molecule has 18 heavy (non-hydrogen) atoms. The van der Waals surface area contributed by atoms with Gasteiger partial charge in [0, 0.05) is 18.6 Å². The number of nitrogens with one attached hydrogen (secondary N) is 1. The lowest BCUT2D eigenvalue weighted by atomic mass is 9.95. The Bertz CT molecular complexity index is 489. The molecule has 0 aliphatic heterocycles. The Morgan fingerprint density at radius 2 is 2.22 bits per heavy atom. The molecule has 1 aromatic heterocycles. The minimum absolute atomic E-state index is 0.00684. The molecule has 5 heteroatoms. The summed E-state index contributed by atoms with van der Waals surface area (Å²) in [5, 5.41) is 20.6. The largest absolute Gasteiger partial charge is 0.396 e. The van der Waals surface area contributed by atoms with Crippen molar-refractivity contribution in [3.05, 3.63) is 29.1 Å². The van der Waals surface area contributed by atoms with E-state index in [9.17, 15) is 4.79 Å². The zero-order chi connectivity index (χ0) is 13.8. The van der Waals surface area contributed by atoms with E-state index in [2.05, 4.69) is 10.3 Å². The number of carbonyl (C=O) groups excluding carboxylic acids is 1. The van der Waals surface area contributed by atoms with Crippen LogP contribution in [0.2, 0.25) is 0 Å². The normalized spacial score (nSPS) is 10.8. The van der Waals surface area contributed by atoms with Crippen LogP contribution in [0.15, 0.2) is 12.1 Å². The molecule has 0 aliphatic carbocycles. The zero-order valence-corrected chi connectivity index (χ0v) is 10.8. The minimum Gasteiger partial charge on any atom is -0.396 e. The molecule has 0 aromatic carbocycles. The van der Waals surface area contributed by atoms with Gasteiger partial charge in [-0.25, -0.2) is 4.98 Å². The van der Waals surface area contributed by atoms with Crippen molar-refractivity contribution in [2.45, 2.75) is 20.8 Å². The number of nitrogens with zero attached hydrogens (tertiary/aromatic N) is 2. The van der Waals surface area contributed by atoms with E-state index in [4.69, 9.17) is 10.4 Å². The van der Waals surface area contributed by atoms with Gasteiger partial charge in [-0.1, -0.05) is 13.8 Å². The number of nitriles is 1. The van der Waals surface area contributed by atoms with Gasteiger partial charge >= 0.3 is 0 Å². The van der Waals surface area contributed by atoms with Gasteiger partial charge in [0.2, 0.25) is 0 Å². The number of carbonyl (C=O) groups is 1. The first-order chi connectivity index (χ1) is 8.39. The molecular formula is C13H17N3O2. The van der Waals surface area contributed by atoms with Gasteiger partial charge in [0.05, 0.1) is 11.3 Å². The van der Waals surface area contributed by atoms with Crippen LogP contribution >= 0.6 is 0 Å². The van der Waals surface area contributed by atoms with Crippen LogP contribution in [0.1, 0.15) is 35.6 Å². The molecule has 0 bridgehead atoms. The van der Waals surface area contributed by atoms with Gasteiger partial charge in [-0.2, -0.15) is 5.26 Å². The Morgan fingerprint density at radius 1 is 1.56 bits per heavy atom. The predicted octanol–water partition coefficient (Wildman–Crippen LogP) is 1.01. The van der Waals surface area contributed by atoms with Crippen LogP contribution in [-0.4, -0.2) is 29.1 Å². The smallest absolute Gasteiger partial charge is 0.269 e. The first-order valence-corrected chi connectivity index (χ1v) is 5.66. The molecule has 0 radical (unpaired) electrons. The monoisotopic (exact) mass is 247 g/mol. The van der Waals surface area contributed by atoms with Crippen molar-refractivity contribution < 1.29 is 9.90 Å². The zero-order valence-electron chi connectivity index (χ0n) is 10.8. The lowest BCUT2D eigenvalue weighted by Crippen LogP contribution is -2.36. The molecule has 96 valence electrons. The van der Waals surface area contributed by atoms with Crippen LogP contribution in [0.5, 0.6) is 0 Å². The van der Waals surface area contributed by atoms with E-state index in [1.165, 1.54) is 6.07 Å². The summed E-state index contributed by atoms with van der Waals surface area (Å²) < 4.78 is 0. The minimum atomic E-state index is -0.364. The van der Waals surface area contributed by atoms with E-state index in [1.54, 1.807) is 13.0 Å². The number of aromatic nitrogens is 1. The lowest BCUT2D eigenvalue weighted by Gasteiger charge is -2.21. The van der Waals surface area contributed by atoms with Crippen molar-refractivity contribution in [1.29, 1.82) is 5.26 Å². The number of aryl methyl sites for hydroxylation is 1. The second-order valence-electron chi connectivity index (χ2n) is 4.95. The second kappa shape index (κ2) is 5.61. The highest BCUT2D eigenvalue weighted by Crippen LogP contribution is 2.12. The number of rotatable bonds is 4. The molecule has 0 spiro atoms. The number of aliphatic hydroxyl groups is 1. The summed E-state index contributed by atoms with van der Waals surface area (Å²) in [6, 6.07) is 5.10. The Labute approximate surface area is 106 Å². The highest BCUT2D eigenvalue weighted by Gasteiger charge is 2.18. The predicted molar refractivity (Wildman–Crippen MR) is 66.9 cm³/mol. The fourth-order valence-corrected chi connectivity index (χ4v) is 1.27. The average Bonchev–Trinajstić information content (AvgIpc) is 2.36. The van der Waals surface area contributed by atoms with E-state index in [-0.39, 0.29) is 23.6 Å². The van der Waals surface area contributed by atoms with Crippen LogP contribution in [0.25, 0.3) is 0 Å². The summed E-state index contributed by atoms with van der Waals surface area (Å²) >= 11 is 0. The van der Waals surface area contributed by atoms with Gasteiger partial charge in [-0.05, 0) is 19.1 Å². The standard InChI is InChI=1S/C13H17N3O2/c1-9-10(6-14)4-5-11(16-9)12(18)15-7-13(2,3)8-17/h4-5,17H,7-8H2,1-3H3,(H,15,18). The maximum Gasteiger partial charge on any atom is 0.269 e. The lowest BCUT2D eigenvalue weighted by molar-refractivity contribution is 0.0906. The van der Waals surface area contributed by atoms with Crippen LogP contribution in [0, 0.1) is 23.7 Å². The molecule has 0 atom stereocenters. The van der Waals surface area contributed by atoms with Gasteiger partial charge in [0.25, 0.3) is 5.91 Å². The summed E-state index contributed by atoms with van der Waals surface area (Å²) in [6.45, 7) is 5.75. The van der Waals surface area contributed by atoms with Crippen molar-refractivity contribution in [2.75, 3.05) is 13.2 Å². The van der Waals surface area contributed by atoms with Gasteiger partial charge in [-0.15, -0.1) is 0 Å². The van der Waals surface area contributed by atoms with Crippen LogP contribution in [-0.2, 0) is 0 Å². The van der Waals surface area contributed by atoms with E-state index >= 15 is 0 Å². The van der Waals surface area contributed by atoms with Gasteiger partial charge in [0.1, 0.15) is 11.8 Å². The molecule has 1 rings (SSSR count). The van der Waals surface area contributed by atoms with Crippen LogP contribution < -0.4 is 5.32 Å². The third-order valence-electron chi connectivity index (χ3n) is 2.59. The molecule has 1 heterocycles. The summed E-state index contributed by atoms with van der Waals surface area (Å²) in [4.78, 5) is 15.9. The molecule has 5 nitrogen and oxygen atoms in total. The number of hydrogen-bond donors (Lipinski definition) is 2. The van der Waals surface area contributed by atoms with Gasteiger partial charge in [-0.3, -0.25) is 4.79 Å². The first kappa shape index (κ1) is 14.1. The molecule has 0 saturated heterocycles. The number of hydrogen-bond acceptors (Lipinski definition) is 4. The molecule has 1 amide bonds. The second-order valence-corrected chi connectivity index (χ2v) is 4.95. The fourth-order valence-electron chi connectivity index (χ4n) is 1.27. The average molecular weight is 247 g/mol. The maximum absolute atomic E-state index is 11.8. The van der Waals surface area contributed by atoms with Crippen molar-refractivity contribution in [3.63, 3.8) is 0 Å².